The van der Waals surface area contributed by atoms with Crippen molar-refractivity contribution in [1.29, 1.82) is 0 Å². The minimum atomic E-state index is -0.538. The van der Waals surface area contributed by atoms with Crippen LogP contribution in [0.1, 0.15) is 36.7 Å². The molecule has 0 spiro atoms. The van der Waals surface area contributed by atoms with Gasteiger partial charge in [0.15, 0.2) is 0 Å². The molecule has 100 valence electrons. The minimum Gasteiger partial charge on any atom is -0.456 e. The second kappa shape index (κ2) is 6.50. The van der Waals surface area contributed by atoms with Gasteiger partial charge >= 0.3 is 5.97 Å². The molecule has 0 heterocycles. The van der Waals surface area contributed by atoms with E-state index in [4.69, 9.17) is 9.47 Å². The standard InChI is InChI=1S/C14H19FO3/c1-14(2,3)18-13(16)12-7-5-4-6-11(12)10-17-9-8-15/h4-7H,8-10H2,1-3H3. The van der Waals surface area contributed by atoms with Crippen LogP contribution in [0.4, 0.5) is 4.39 Å². The van der Waals surface area contributed by atoms with E-state index in [1.165, 1.54) is 0 Å². The molecule has 0 fully saturated rings. The van der Waals surface area contributed by atoms with Gasteiger partial charge in [0.1, 0.15) is 12.3 Å². The summed E-state index contributed by atoms with van der Waals surface area (Å²) in [7, 11) is 0. The predicted octanol–water partition coefficient (Wildman–Crippen LogP) is 3.13. The average molecular weight is 254 g/mol. The molecule has 0 saturated carbocycles. The SMILES string of the molecule is CC(C)(C)OC(=O)c1ccccc1COCCF. The second-order valence-electron chi connectivity index (χ2n) is 4.90. The van der Waals surface area contributed by atoms with Gasteiger partial charge < -0.3 is 9.47 Å². The lowest BCUT2D eigenvalue weighted by atomic mass is 10.1. The lowest BCUT2D eigenvalue weighted by Crippen LogP contribution is -2.24. The summed E-state index contributed by atoms with van der Waals surface area (Å²) in [5.41, 5.74) is 0.635. The molecule has 0 amide bonds. The van der Waals surface area contributed by atoms with Crippen LogP contribution in [0.5, 0.6) is 0 Å². The Morgan fingerprint density at radius 3 is 2.56 bits per heavy atom. The minimum absolute atomic E-state index is 0.0304. The first-order chi connectivity index (χ1) is 8.44. The molecule has 0 N–H and O–H groups in total. The van der Waals surface area contributed by atoms with Crippen molar-refractivity contribution in [2.75, 3.05) is 13.3 Å². The summed E-state index contributed by atoms with van der Waals surface area (Å²) in [6.45, 7) is 5.14. The molecule has 0 aliphatic carbocycles. The average Bonchev–Trinajstić information content (AvgIpc) is 2.27. The number of carbonyl (C=O) groups is 1. The van der Waals surface area contributed by atoms with Gasteiger partial charge in [-0.25, -0.2) is 9.18 Å². The molecule has 0 unspecified atom stereocenters. The maximum atomic E-state index is 12.0. The summed E-state index contributed by atoms with van der Waals surface area (Å²) >= 11 is 0. The van der Waals surface area contributed by atoms with Gasteiger partial charge in [0.25, 0.3) is 0 Å². The van der Waals surface area contributed by atoms with Crippen LogP contribution in [-0.4, -0.2) is 24.9 Å². The maximum absolute atomic E-state index is 12.0. The van der Waals surface area contributed by atoms with Crippen molar-refractivity contribution in [1.82, 2.24) is 0 Å². The third-order valence-corrected chi connectivity index (χ3v) is 2.12. The van der Waals surface area contributed by atoms with Crippen LogP contribution in [0.15, 0.2) is 24.3 Å². The summed E-state index contributed by atoms with van der Waals surface area (Å²) in [4.78, 5) is 12.0. The van der Waals surface area contributed by atoms with Crippen LogP contribution in [-0.2, 0) is 16.1 Å². The van der Waals surface area contributed by atoms with Crippen molar-refractivity contribution in [3.63, 3.8) is 0 Å². The van der Waals surface area contributed by atoms with E-state index in [2.05, 4.69) is 0 Å². The number of hydrogen-bond donors (Lipinski definition) is 0. The van der Waals surface area contributed by atoms with E-state index in [0.717, 1.165) is 0 Å². The van der Waals surface area contributed by atoms with Crippen molar-refractivity contribution in [3.8, 4) is 0 Å². The van der Waals surface area contributed by atoms with E-state index in [9.17, 15) is 9.18 Å². The highest BCUT2D eigenvalue weighted by Crippen LogP contribution is 2.16. The van der Waals surface area contributed by atoms with Crippen LogP contribution in [0.25, 0.3) is 0 Å². The monoisotopic (exact) mass is 254 g/mol. The molecule has 0 aromatic heterocycles. The highest BCUT2D eigenvalue weighted by Gasteiger charge is 2.19. The lowest BCUT2D eigenvalue weighted by Gasteiger charge is -2.20. The lowest BCUT2D eigenvalue weighted by molar-refractivity contribution is 0.00644. The Balaban J connectivity index is 2.78. The largest absolute Gasteiger partial charge is 0.456 e. The normalized spacial score (nSPS) is 11.3. The first kappa shape index (κ1) is 14.6. The molecule has 0 radical (unpaired) electrons. The molecule has 0 saturated heterocycles. The third kappa shape index (κ3) is 4.84. The zero-order valence-corrected chi connectivity index (χ0v) is 11.0. The molecule has 0 aliphatic heterocycles. The highest BCUT2D eigenvalue weighted by atomic mass is 19.1. The van der Waals surface area contributed by atoms with E-state index < -0.39 is 12.3 Å². The van der Waals surface area contributed by atoms with Crippen LogP contribution < -0.4 is 0 Å². The fraction of sp³-hybridized carbons (Fsp3) is 0.500. The van der Waals surface area contributed by atoms with Crippen molar-refractivity contribution in [3.05, 3.63) is 35.4 Å². The molecular weight excluding hydrogens is 235 g/mol. The van der Waals surface area contributed by atoms with E-state index in [0.29, 0.717) is 11.1 Å². The number of hydrogen-bond acceptors (Lipinski definition) is 3. The molecule has 4 heteroatoms. The molecule has 1 rings (SSSR count). The van der Waals surface area contributed by atoms with Gasteiger partial charge in [0.2, 0.25) is 0 Å². The van der Waals surface area contributed by atoms with Crippen molar-refractivity contribution < 1.29 is 18.7 Å². The van der Waals surface area contributed by atoms with Gasteiger partial charge in [-0.15, -0.1) is 0 Å². The predicted molar refractivity (Wildman–Crippen MR) is 67.2 cm³/mol. The molecule has 0 aliphatic rings. The van der Waals surface area contributed by atoms with Crippen LogP contribution in [0.3, 0.4) is 0 Å². The second-order valence-corrected chi connectivity index (χ2v) is 4.90. The summed E-state index contributed by atoms with van der Waals surface area (Å²) < 4.78 is 22.4. The summed E-state index contributed by atoms with van der Waals surface area (Å²) in [6.07, 6.45) is 0. The van der Waals surface area contributed by atoms with Gasteiger partial charge in [0.05, 0.1) is 18.8 Å². The smallest absolute Gasteiger partial charge is 0.339 e. The zero-order chi connectivity index (χ0) is 13.6. The molecular formula is C14H19FO3. The number of alkyl halides is 1. The van der Waals surface area contributed by atoms with Gasteiger partial charge in [-0.05, 0) is 32.4 Å². The van der Waals surface area contributed by atoms with Crippen molar-refractivity contribution in [2.24, 2.45) is 0 Å². The Morgan fingerprint density at radius 2 is 1.94 bits per heavy atom. The number of ether oxygens (including phenoxy) is 2. The quantitative estimate of drug-likeness (QED) is 0.598. The molecule has 1 aromatic rings. The highest BCUT2D eigenvalue weighted by molar-refractivity contribution is 5.91. The molecule has 0 bridgehead atoms. The van der Waals surface area contributed by atoms with Crippen LogP contribution in [0, 0.1) is 0 Å². The molecule has 18 heavy (non-hydrogen) atoms. The third-order valence-electron chi connectivity index (χ3n) is 2.12. The van der Waals surface area contributed by atoms with Gasteiger partial charge in [-0.2, -0.15) is 0 Å². The van der Waals surface area contributed by atoms with E-state index in [1.807, 2.05) is 26.8 Å². The van der Waals surface area contributed by atoms with E-state index >= 15 is 0 Å². The molecule has 1 aromatic carbocycles. The van der Waals surface area contributed by atoms with Crippen LogP contribution in [0.2, 0.25) is 0 Å². The maximum Gasteiger partial charge on any atom is 0.339 e. The first-order valence-corrected chi connectivity index (χ1v) is 5.89. The number of esters is 1. The van der Waals surface area contributed by atoms with Gasteiger partial charge in [0, 0.05) is 0 Å². The number of rotatable bonds is 5. The first-order valence-electron chi connectivity index (χ1n) is 5.89. The van der Waals surface area contributed by atoms with Gasteiger partial charge in [-0.3, -0.25) is 0 Å². The fourth-order valence-corrected chi connectivity index (χ4v) is 1.42. The Hall–Kier alpha value is -1.42. The number of halogens is 1. The molecule has 3 nitrogen and oxygen atoms in total. The summed E-state index contributed by atoms with van der Waals surface area (Å²) in [5.74, 6) is -0.387. The zero-order valence-electron chi connectivity index (χ0n) is 11.0. The molecule has 0 atom stereocenters. The Bertz CT molecular complexity index is 396. The van der Waals surface area contributed by atoms with Crippen molar-refractivity contribution >= 4 is 5.97 Å². The Morgan fingerprint density at radius 1 is 1.28 bits per heavy atom. The summed E-state index contributed by atoms with van der Waals surface area (Å²) in [6, 6.07) is 7.03. The number of benzene rings is 1. The van der Waals surface area contributed by atoms with E-state index in [1.54, 1.807) is 18.2 Å². The Kier molecular flexibility index (Phi) is 5.28. The van der Waals surface area contributed by atoms with Crippen LogP contribution >= 0.6 is 0 Å². The van der Waals surface area contributed by atoms with Crippen molar-refractivity contribution in [2.45, 2.75) is 33.0 Å². The summed E-state index contributed by atoms with van der Waals surface area (Å²) in [5, 5.41) is 0. The topological polar surface area (TPSA) is 35.5 Å². The number of carbonyl (C=O) groups excluding carboxylic acids is 1. The van der Waals surface area contributed by atoms with E-state index in [-0.39, 0.29) is 19.2 Å². The Labute approximate surface area is 107 Å². The fourth-order valence-electron chi connectivity index (χ4n) is 1.42. The van der Waals surface area contributed by atoms with Gasteiger partial charge in [-0.1, -0.05) is 18.2 Å².